The summed E-state index contributed by atoms with van der Waals surface area (Å²) < 4.78 is 9.39. The highest BCUT2D eigenvalue weighted by atomic mass is 16.3. The van der Waals surface area contributed by atoms with Gasteiger partial charge in [0, 0.05) is 38.7 Å². The van der Waals surface area contributed by atoms with Crippen molar-refractivity contribution in [1.82, 2.24) is 4.57 Å². The molecule has 0 aliphatic rings. The van der Waals surface area contributed by atoms with Gasteiger partial charge in [-0.2, -0.15) is 0 Å². The number of nitrogens with zero attached hydrogens (tertiary/aromatic N) is 2. The van der Waals surface area contributed by atoms with Crippen molar-refractivity contribution in [3.8, 4) is 27.9 Å². The number of benzene rings is 9. The molecule has 9 aromatic carbocycles. The Morgan fingerprint density at radius 3 is 1.80 bits per heavy atom. The van der Waals surface area contributed by atoms with E-state index in [0.717, 1.165) is 66.8 Å². The quantitative estimate of drug-likeness (QED) is 0.161. The van der Waals surface area contributed by atoms with E-state index in [4.69, 9.17) is 4.42 Å². The maximum absolute atomic E-state index is 7.05. The number of para-hydroxylation sites is 4. The molecule has 0 N–H and O–H groups in total. The molecular formula is C52H34N2O. The molecule has 11 rings (SSSR count). The first-order chi connectivity index (χ1) is 27.3. The molecule has 0 bridgehead atoms. The molecule has 0 saturated carbocycles. The van der Waals surface area contributed by atoms with Gasteiger partial charge in [0.05, 0.1) is 16.9 Å². The fourth-order valence-electron chi connectivity index (χ4n) is 8.51. The molecule has 258 valence electrons. The maximum atomic E-state index is 7.05. The molecule has 0 amide bonds. The number of hydrogen-bond acceptors (Lipinski definition) is 2. The predicted molar refractivity (Wildman–Crippen MR) is 231 cm³/mol. The van der Waals surface area contributed by atoms with Crippen LogP contribution >= 0.6 is 0 Å². The Labute approximate surface area is 318 Å². The lowest BCUT2D eigenvalue weighted by atomic mass is 9.96. The van der Waals surface area contributed by atoms with Crippen LogP contribution in [0.3, 0.4) is 0 Å². The Hall–Kier alpha value is -7.36. The van der Waals surface area contributed by atoms with E-state index in [1.165, 1.54) is 32.7 Å². The molecule has 55 heavy (non-hydrogen) atoms. The van der Waals surface area contributed by atoms with E-state index in [0.29, 0.717) is 0 Å². The number of aromatic nitrogens is 1. The summed E-state index contributed by atoms with van der Waals surface area (Å²) in [4.78, 5) is 2.43. The van der Waals surface area contributed by atoms with E-state index in [-0.39, 0.29) is 0 Å². The third-order valence-corrected chi connectivity index (χ3v) is 11.0. The number of rotatable bonds is 6. The van der Waals surface area contributed by atoms with Crippen LogP contribution in [0.4, 0.5) is 17.1 Å². The van der Waals surface area contributed by atoms with E-state index in [1.54, 1.807) is 0 Å². The smallest absolute Gasteiger partial charge is 0.161 e. The molecule has 0 aliphatic carbocycles. The van der Waals surface area contributed by atoms with Crippen LogP contribution in [0.1, 0.15) is 0 Å². The second kappa shape index (κ2) is 12.6. The molecule has 0 saturated heterocycles. The summed E-state index contributed by atoms with van der Waals surface area (Å²) >= 11 is 0. The minimum Gasteiger partial charge on any atom is -0.453 e. The van der Waals surface area contributed by atoms with Gasteiger partial charge in [-0.15, -0.1) is 0 Å². The van der Waals surface area contributed by atoms with Crippen LogP contribution in [-0.2, 0) is 0 Å². The first-order valence-corrected chi connectivity index (χ1v) is 18.8. The summed E-state index contributed by atoms with van der Waals surface area (Å²) in [5.74, 6) is 0. The Kier molecular flexibility index (Phi) is 7.17. The number of hydrogen-bond donors (Lipinski definition) is 0. The van der Waals surface area contributed by atoms with Crippen molar-refractivity contribution in [3.05, 3.63) is 206 Å². The van der Waals surface area contributed by atoms with Gasteiger partial charge in [-0.1, -0.05) is 152 Å². The van der Waals surface area contributed by atoms with Crippen LogP contribution in [0.2, 0.25) is 0 Å². The van der Waals surface area contributed by atoms with Gasteiger partial charge in [-0.3, -0.25) is 0 Å². The number of fused-ring (bicyclic) bond motifs is 8. The van der Waals surface area contributed by atoms with Crippen LogP contribution < -0.4 is 4.90 Å². The van der Waals surface area contributed by atoms with E-state index < -0.39 is 0 Å². The van der Waals surface area contributed by atoms with Crippen molar-refractivity contribution in [3.63, 3.8) is 0 Å². The van der Waals surface area contributed by atoms with Crippen LogP contribution in [0.5, 0.6) is 0 Å². The molecule has 11 aromatic rings. The molecule has 0 atom stereocenters. The van der Waals surface area contributed by atoms with Crippen LogP contribution in [0.25, 0.3) is 82.5 Å². The normalized spacial score (nSPS) is 11.6. The molecular weight excluding hydrogens is 669 g/mol. The monoisotopic (exact) mass is 702 g/mol. The first-order valence-electron chi connectivity index (χ1n) is 18.8. The number of anilines is 3. The van der Waals surface area contributed by atoms with Gasteiger partial charge >= 0.3 is 0 Å². The molecule has 0 radical (unpaired) electrons. The summed E-state index contributed by atoms with van der Waals surface area (Å²) in [7, 11) is 0. The maximum Gasteiger partial charge on any atom is 0.161 e. The second-order valence-corrected chi connectivity index (χ2v) is 14.1. The molecule has 2 aromatic heterocycles. The fraction of sp³-hybridized carbons (Fsp3) is 0. The molecule has 3 nitrogen and oxygen atoms in total. The van der Waals surface area contributed by atoms with Gasteiger partial charge in [0.15, 0.2) is 5.58 Å². The molecule has 3 heteroatoms. The standard InChI is InChI=1S/C52H34N2O/c1-3-16-35(17-4-1)36-30-32-39(33-31-36)53(49-34-37-18-7-8-21-40(37)41-22-9-10-23-42(41)49)47-28-13-11-24-43(47)44-26-15-27-46-50-52(55-51(44)46)45-25-12-14-29-48(45)54(50)38-19-5-2-6-20-38/h1-34H. The van der Waals surface area contributed by atoms with Gasteiger partial charge in [0.25, 0.3) is 0 Å². The topological polar surface area (TPSA) is 21.3 Å². The van der Waals surface area contributed by atoms with Crippen LogP contribution in [-0.4, -0.2) is 4.57 Å². The molecule has 0 fully saturated rings. The fourth-order valence-corrected chi connectivity index (χ4v) is 8.51. The van der Waals surface area contributed by atoms with Crippen molar-refractivity contribution in [2.45, 2.75) is 0 Å². The van der Waals surface area contributed by atoms with E-state index >= 15 is 0 Å². The van der Waals surface area contributed by atoms with Crippen molar-refractivity contribution < 1.29 is 4.42 Å². The highest BCUT2D eigenvalue weighted by molar-refractivity contribution is 6.19. The molecule has 0 unspecified atom stereocenters. The minimum absolute atomic E-state index is 0.873. The zero-order valence-electron chi connectivity index (χ0n) is 29.9. The van der Waals surface area contributed by atoms with Crippen LogP contribution in [0, 0.1) is 0 Å². The zero-order chi connectivity index (χ0) is 36.3. The SMILES string of the molecule is c1ccc(-c2ccc(N(c3ccccc3-c3cccc4c3oc3c5ccccc5n(-c5ccccc5)c43)c3cc4ccccc4c4ccccc34)cc2)cc1. The Balaban J connectivity index is 1.18. The average molecular weight is 703 g/mol. The van der Waals surface area contributed by atoms with Gasteiger partial charge < -0.3 is 13.9 Å². The van der Waals surface area contributed by atoms with Gasteiger partial charge in [0.1, 0.15) is 11.1 Å². The zero-order valence-corrected chi connectivity index (χ0v) is 29.9. The Morgan fingerprint density at radius 2 is 0.982 bits per heavy atom. The second-order valence-electron chi connectivity index (χ2n) is 14.1. The van der Waals surface area contributed by atoms with Crippen LogP contribution in [0.15, 0.2) is 211 Å². The summed E-state index contributed by atoms with van der Waals surface area (Å²) in [6.45, 7) is 0. The molecule has 0 spiro atoms. The summed E-state index contributed by atoms with van der Waals surface area (Å²) in [6, 6.07) is 73.8. The Morgan fingerprint density at radius 1 is 0.382 bits per heavy atom. The Bertz CT molecular complexity index is 3190. The third kappa shape index (κ3) is 4.98. The van der Waals surface area contributed by atoms with Gasteiger partial charge in [-0.25, -0.2) is 0 Å². The largest absolute Gasteiger partial charge is 0.453 e. The summed E-state index contributed by atoms with van der Waals surface area (Å²) in [6.07, 6.45) is 0. The summed E-state index contributed by atoms with van der Waals surface area (Å²) in [5.41, 5.74) is 12.9. The summed E-state index contributed by atoms with van der Waals surface area (Å²) in [5, 5.41) is 7.03. The molecule has 0 aliphatic heterocycles. The van der Waals surface area contributed by atoms with E-state index in [1.807, 2.05) is 0 Å². The van der Waals surface area contributed by atoms with Crippen molar-refractivity contribution >= 4 is 71.6 Å². The van der Waals surface area contributed by atoms with Gasteiger partial charge in [0.2, 0.25) is 0 Å². The van der Waals surface area contributed by atoms with Crippen molar-refractivity contribution in [1.29, 1.82) is 0 Å². The van der Waals surface area contributed by atoms with E-state index in [2.05, 4.69) is 216 Å². The lowest BCUT2D eigenvalue weighted by Gasteiger charge is -2.29. The van der Waals surface area contributed by atoms with Crippen molar-refractivity contribution in [2.24, 2.45) is 0 Å². The van der Waals surface area contributed by atoms with Gasteiger partial charge in [-0.05, 0) is 81.9 Å². The number of furan rings is 1. The van der Waals surface area contributed by atoms with Crippen molar-refractivity contribution in [2.75, 3.05) is 4.90 Å². The first kappa shape index (κ1) is 31.2. The highest BCUT2D eigenvalue weighted by Gasteiger charge is 2.25. The lowest BCUT2D eigenvalue weighted by molar-refractivity contribution is 0.674. The van der Waals surface area contributed by atoms with E-state index in [9.17, 15) is 0 Å². The highest BCUT2D eigenvalue weighted by Crippen LogP contribution is 2.48. The predicted octanol–water partition coefficient (Wildman–Crippen LogP) is 14.6. The average Bonchev–Trinajstić information content (AvgIpc) is 3.80. The lowest BCUT2D eigenvalue weighted by Crippen LogP contribution is -2.12. The third-order valence-electron chi connectivity index (χ3n) is 11.0. The molecule has 2 heterocycles. The minimum atomic E-state index is 0.873.